The van der Waals surface area contributed by atoms with Crippen LogP contribution in [-0.4, -0.2) is 61.7 Å². The molecule has 1 fully saturated rings. The van der Waals surface area contributed by atoms with E-state index in [0.717, 1.165) is 0 Å². The summed E-state index contributed by atoms with van der Waals surface area (Å²) in [5.41, 5.74) is 0.380. The molecule has 1 heterocycles. The molecule has 1 aliphatic rings. The molecule has 1 aromatic rings. The van der Waals surface area contributed by atoms with Crippen LogP contribution in [0, 0.1) is 10.1 Å². The van der Waals surface area contributed by atoms with E-state index < -0.39 is 14.9 Å². The predicted molar refractivity (Wildman–Crippen MR) is 102 cm³/mol. The molecule has 0 bridgehead atoms. The fourth-order valence-corrected chi connectivity index (χ4v) is 3.99. The van der Waals surface area contributed by atoms with Crippen LogP contribution in [0.25, 0.3) is 0 Å². The molecule has 2 amide bonds. The minimum Gasteiger partial charge on any atom is -0.378 e. The van der Waals surface area contributed by atoms with E-state index in [0.29, 0.717) is 44.7 Å². The number of urea groups is 1. The molecule has 0 spiro atoms. The van der Waals surface area contributed by atoms with Crippen LogP contribution in [-0.2, 0) is 10.0 Å². The maximum atomic E-state index is 11.9. The number of anilines is 1. The van der Waals surface area contributed by atoms with Gasteiger partial charge in [0.15, 0.2) is 0 Å². The second-order valence-electron chi connectivity index (χ2n) is 6.18. The Balaban J connectivity index is 1.68. The number of carbonyl (C=O) groups is 1. The number of nitrogens with zero attached hydrogens (tertiary/aromatic N) is 2. The van der Waals surface area contributed by atoms with Crippen LogP contribution in [0.2, 0.25) is 0 Å². The van der Waals surface area contributed by atoms with Gasteiger partial charge in [-0.3, -0.25) is 10.1 Å². The monoisotopic (exact) mass is 399 g/mol. The Labute approximate surface area is 158 Å². The number of nitro benzene ring substituents is 1. The molecule has 0 unspecified atom stereocenters. The van der Waals surface area contributed by atoms with Gasteiger partial charge in [-0.1, -0.05) is 12.1 Å². The molecule has 10 nitrogen and oxygen atoms in total. The average molecular weight is 399 g/mol. The van der Waals surface area contributed by atoms with Crippen LogP contribution in [0.5, 0.6) is 0 Å². The molecule has 0 aromatic heterocycles. The zero-order valence-corrected chi connectivity index (χ0v) is 16.0. The zero-order chi connectivity index (χ0) is 19.9. The largest absolute Gasteiger partial charge is 0.378 e. The minimum absolute atomic E-state index is 0.0178. The fraction of sp³-hybridized carbons (Fsp3) is 0.562. The van der Waals surface area contributed by atoms with Crippen molar-refractivity contribution >= 4 is 27.4 Å². The summed E-state index contributed by atoms with van der Waals surface area (Å²) in [6.45, 7) is 3.05. The van der Waals surface area contributed by atoms with Gasteiger partial charge in [-0.25, -0.2) is 17.5 Å². The van der Waals surface area contributed by atoms with Crippen molar-refractivity contribution in [1.29, 1.82) is 0 Å². The van der Waals surface area contributed by atoms with Gasteiger partial charge in [0.05, 0.1) is 10.7 Å². The molecule has 150 valence electrons. The van der Waals surface area contributed by atoms with Crippen LogP contribution in [0.15, 0.2) is 24.3 Å². The molecule has 0 aliphatic carbocycles. The van der Waals surface area contributed by atoms with Gasteiger partial charge in [0.25, 0.3) is 5.69 Å². The first-order valence-electron chi connectivity index (χ1n) is 8.83. The fourth-order valence-electron chi connectivity index (χ4n) is 2.85. The van der Waals surface area contributed by atoms with E-state index in [1.807, 2.05) is 0 Å². The van der Waals surface area contributed by atoms with Gasteiger partial charge in [-0.15, -0.1) is 0 Å². The maximum absolute atomic E-state index is 11.9. The van der Waals surface area contributed by atoms with E-state index in [1.54, 1.807) is 25.1 Å². The highest BCUT2D eigenvalue weighted by molar-refractivity contribution is 7.89. The Kier molecular flexibility index (Phi) is 7.36. The van der Waals surface area contributed by atoms with Crippen molar-refractivity contribution in [2.24, 2.45) is 0 Å². The van der Waals surface area contributed by atoms with Gasteiger partial charge in [0.1, 0.15) is 5.69 Å². The van der Waals surface area contributed by atoms with Gasteiger partial charge >= 0.3 is 6.03 Å². The highest BCUT2D eigenvalue weighted by atomic mass is 32.2. The van der Waals surface area contributed by atoms with Crippen molar-refractivity contribution in [3.63, 3.8) is 0 Å². The lowest BCUT2D eigenvalue weighted by atomic mass is 10.1. The number of amides is 2. The number of benzene rings is 1. The third-order valence-corrected chi connectivity index (χ3v) is 6.26. The van der Waals surface area contributed by atoms with Gasteiger partial charge in [-0.05, 0) is 25.8 Å². The van der Waals surface area contributed by atoms with Crippen molar-refractivity contribution in [2.75, 3.05) is 37.2 Å². The molecule has 3 N–H and O–H groups in total. The highest BCUT2D eigenvalue weighted by Gasteiger charge is 2.27. The summed E-state index contributed by atoms with van der Waals surface area (Å²) in [7, 11) is -3.18. The number of piperidine rings is 1. The second kappa shape index (κ2) is 9.51. The van der Waals surface area contributed by atoms with Crippen LogP contribution in [0.3, 0.4) is 0 Å². The summed E-state index contributed by atoms with van der Waals surface area (Å²) in [4.78, 5) is 22.4. The number of carbonyl (C=O) groups excluding carboxylic acids is 1. The number of hydrogen-bond acceptors (Lipinski definition) is 6. The lowest BCUT2D eigenvalue weighted by molar-refractivity contribution is -0.384. The third-order valence-electron chi connectivity index (χ3n) is 4.37. The molecule has 2 rings (SSSR count). The summed E-state index contributed by atoms with van der Waals surface area (Å²) in [6, 6.07) is 5.89. The van der Waals surface area contributed by atoms with E-state index >= 15 is 0 Å². The molecular weight excluding hydrogens is 374 g/mol. The maximum Gasteiger partial charge on any atom is 0.315 e. The van der Waals surface area contributed by atoms with E-state index in [2.05, 4.69) is 16.0 Å². The Hall–Kier alpha value is -2.40. The van der Waals surface area contributed by atoms with Crippen molar-refractivity contribution in [2.45, 2.75) is 25.8 Å². The quantitative estimate of drug-likeness (QED) is 0.341. The van der Waals surface area contributed by atoms with E-state index in [-0.39, 0.29) is 23.5 Å². The second-order valence-corrected chi connectivity index (χ2v) is 8.43. The molecule has 1 aliphatic heterocycles. The predicted octanol–water partition coefficient (Wildman–Crippen LogP) is 1.12. The molecule has 1 saturated heterocycles. The number of para-hydroxylation sites is 2. The number of rotatable bonds is 8. The number of hydrogen-bond donors (Lipinski definition) is 3. The van der Waals surface area contributed by atoms with Gasteiger partial charge < -0.3 is 16.0 Å². The van der Waals surface area contributed by atoms with E-state index in [9.17, 15) is 23.3 Å². The number of sulfonamides is 1. The first-order chi connectivity index (χ1) is 12.8. The van der Waals surface area contributed by atoms with Crippen molar-refractivity contribution in [3.8, 4) is 0 Å². The molecule has 27 heavy (non-hydrogen) atoms. The van der Waals surface area contributed by atoms with Gasteiger partial charge in [0.2, 0.25) is 10.0 Å². The van der Waals surface area contributed by atoms with Crippen LogP contribution in [0.4, 0.5) is 16.2 Å². The first kappa shape index (κ1) is 20.9. The Morgan fingerprint density at radius 3 is 2.56 bits per heavy atom. The van der Waals surface area contributed by atoms with Crippen LogP contribution < -0.4 is 16.0 Å². The SMILES string of the molecule is CCS(=O)(=O)N1CCC(NC(=O)NCCNc2ccccc2[N+](=O)[O-])CC1. The Morgan fingerprint density at radius 1 is 1.26 bits per heavy atom. The zero-order valence-electron chi connectivity index (χ0n) is 15.2. The standard InChI is InChI=1S/C16H25N5O5S/c1-2-27(25,26)20-11-7-13(8-12-20)19-16(22)18-10-9-17-14-5-3-4-6-15(14)21(23)24/h3-6,13,17H,2,7-12H2,1H3,(H2,18,19,22). The molecule has 0 atom stereocenters. The molecular formula is C16H25N5O5S. The topological polar surface area (TPSA) is 134 Å². The van der Waals surface area contributed by atoms with Crippen molar-refractivity contribution < 1.29 is 18.1 Å². The Morgan fingerprint density at radius 2 is 1.93 bits per heavy atom. The summed E-state index contributed by atoms with van der Waals surface area (Å²) in [5.74, 6) is 0.0815. The summed E-state index contributed by atoms with van der Waals surface area (Å²) in [6.07, 6.45) is 1.14. The lowest BCUT2D eigenvalue weighted by Gasteiger charge is -2.31. The summed E-state index contributed by atoms with van der Waals surface area (Å²) in [5, 5.41) is 19.4. The molecule has 1 aromatic carbocycles. The van der Waals surface area contributed by atoms with Crippen LogP contribution in [0.1, 0.15) is 19.8 Å². The van der Waals surface area contributed by atoms with Gasteiger partial charge in [-0.2, -0.15) is 0 Å². The molecule has 0 radical (unpaired) electrons. The van der Waals surface area contributed by atoms with Crippen LogP contribution >= 0.6 is 0 Å². The normalized spacial score (nSPS) is 15.9. The number of nitrogens with one attached hydrogen (secondary N) is 3. The summed E-state index contributed by atoms with van der Waals surface area (Å²) < 4.78 is 25.1. The smallest absolute Gasteiger partial charge is 0.315 e. The molecule has 0 saturated carbocycles. The molecule has 11 heteroatoms. The first-order valence-corrected chi connectivity index (χ1v) is 10.4. The van der Waals surface area contributed by atoms with Crippen molar-refractivity contribution in [3.05, 3.63) is 34.4 Å². The lowest BCUT2D eigenvalue weighted by Crippen LogP contribution is -2.49. The minimum atomic E-state index is -3.18. The highest BCUT2D eigenvalue weighted by Crippen LogP contribution is 2.22. The number of nitro groups is 1. The van der Waals surface area contributed by atoms with Gasteiger partial charge in [0, 0.05) is 38.3 Å². The van der Waals surface area contributed by atoms with Crippen molar-refractivity contribution in [1.82, 2.24) is 14.9 Å². The van der Waals surface area contributed by atoms with E-state index in [4.69, 9.17) is 0 Å². The summed E-state index contributed by atoms with van der Waals surface area (Å²) >= 11 is 0. The average Bonchev–Trinajstić information content (AvgIpc) is 2.66. The third kappa shape index (κ3) is 6.07. The van der Waals surface area contributed by atoms with E-state index in [1.165, 1.54) is 10.4 Å². The Bertz CT molecular complexity index is 762.